The summed E-state index contributed by atoms with van der Waals surface area (Å²) < 4.78 is 5.78. The highest BCUT2D eigenvalue weighted by molar-refractivity contribution is 5.90. The van der Waals surface area contributed by atoms with E-state index < -0.39 is 6.04 Å². The minimum absolute atomic E-state index is 0.0202. The van der Waals surface area contributed by atoms with E-state index in [1.54, 1.807) is 9.80 Å². The predicted octanol–water partition coefficient (Wildman–Crippen LogP) is 2.55. The molecule has 2 aliphatic rings. The molecule has 2 saturated heterocycles. The van der Waals surface area contributed by atoms with E-state index in [9.17, 15) is 14.4 Å². The average Bonchev–Trinajstić information content (AvgIpc) is 3.43. The zero-order valence-electron chi connectivity index (χ0n) is 15.3. The fourth-order valence-electron chi connectivity index (χ4n) is 4.25. The molecule has 27 heavy (non-hydrogen) atoms. The molecule has 0 unspecified atom stereocenters. The summed E-state index contributed by atoms with van der Waals surface area (Å²) in [6, 6.07) is 8.99. The van der Waals surface area contributed by atoms with Crippen LogP contribution in [0.25, 0.3) is 11.0 Å². The molecule has 0 N–H and O–H groups in total. The lowest BCUT2D eigenvalue weighted by Crippen LogP contribution is -2.49. The summed E-state index contributed by atoms with van der Waals surface area (Å²) in [6.07, 6.45) is 4.77. The van der Waals surface area contributed by atoms with Gasteiger partial charge in [-0.1, -0.05) is 18.2 Å². The van der Waals surface area contributed by atoms with Gasteiger partial charge in [-0.25, -0.2) is 0 Å². The maximum Gasteiger partial charge on any atom is 0.245 e. The van der Waals surface area contributed by atoms with Crippen LogP contribution in [0.5, 0.6) is 0 Å². The first kappa shape index (κ1) is 17.8. The van der Waals surface area contributed by atoms with Crippen LogP contribution >= 0.6 is 0 Å². The molecule has 2 amide bonds. The van der Waals surface area contributed by atoms with Crippen molar-refractivity contribution in [3.05, 3.63) is 36.1 Å². The van der Waals surface area contributed by atoms with Crippen LogP contribution in [0, 0.1) is 0 Å². The normalized spacial score (nSPS) is 22.5. The first-order valence-electron chi connectivity index (χ1n) is 9.70. The Kier molecular flexibility index (Phi) is 4.97. The lowest BCUT2D eigenvalue weighted by atomic mass is 10.1. The summed E-state index contributed by atoms with van der Waals surface area (Å²) in [5, 5.41) is 1.03. The molecule has 2 fully saturated rings. The fourth-order valence-corrected chi connectivity index (χ4v) is 4.25. The van der Waals surface area contributed by atoms with E-state index >= 15 is 0 Å². The number of aldehydes is 1. The van der Waals surface area contributed by atoms with Crippen molar-refractivity contribution in [2.75, 3.05) is 13.1 Å². The Morgan fingerprint density at radius 2 is 1.89 bits per heavy atom. The molecule has 6 nitrogen and oxygen atoms in total. The van der Waals surface area contributed by atoms with Gasteiger partial charge in [0.1, 0.15) is 23.7 Å². The molecule has 2 aliphatic heterocycles. The Morgan fingerprint density at radius 3 is 2.70 bits per heavy atom. The summed E-state index contributed by atoms with van der Waals surface area (Å²) in [6.45, 7) is 1.22. The SMILES string of the molecule is O=C[C@@H]1CCCN1C(=O)[C@@H]1CCCN1C(=O)CCc1cc2ccccc2o1. The van der Waals surface area contributed by atoms with Gasteiger partial charge in [-0.15, -0.1) is 0 Å². The van der Waals surface area contributed by atoms with Crippen LogP contribution in [-0.2, 0) is 20.8 Å². The Balaban J connectivity index is 1.40. The highest BCUT2D eigenvalue weighted by atomic mass is 16.3. The minimum Gasteiger partial charge on any atom is -0.461 e. The molecule has 4 rings (SSSR count). The summed E-state index contributed by atoms with van der Waals surface area (Å²) in [5.41, 5.74) is 0.822. The molecule has 2 atom stereocenters. The number of para-hydroxylation sites is 1. The average molecular weight is 368 g/mol. The van der Waals surface area contributed by atoms with E-state index in [1.165, 1.54) is 0 Å². The van der Waals surface area contributed by atoms with Crippen molar-refractivity contribution in [3.8, 4) is 0 Å². The first-order chi connectivity index (χ1) is 13.2. The van der Waals surface area contributed by atoms with Crippen molar-refractivity contribution in [2.45, 2.75) is 50.6 Å². The van der Waals surface area contributed by atoms with Crippen molar-refractivity contribution >= 4 is 29.1 Å². The third-order valence-corrected chi connectivity index (χ3v) is 5.66. The maximum absolute atomic E-state index is 12.9. The predicted molar refractivity (Wildman–Crippen MR) is 100 cm³/mol. The van der Waals surface area contributed by atoms with Crippen LogP contribution in [0.2, 0.25) is 0 Å². The van der Waals surface area contributed by atoms with Gasteiger partial charge in [0.2, 0.25) is 11.8 Å². The van der Waals surface area contributed by atoms with E-state index in [4.69, 9.17) is 4.42 Å². The van der Waals surface area contributed by atoms with Crippen molar-refractivity contribution in [1.29, 1.82) is 0 Å². The van der Waals surface area contributed by atoms with Gasteiger partial charge in [-0.3, -0.25) is 9.59 Å². The number of rotatable bonds is 5. The molecule has 0 bridgehead atoms. The second kappa shape index (κ2) is 7.55. The summed E-state index contributed by atoms with van der Waals surface area (Å²) in [5.74, 6) is 0.694. The molecule has 1 aromatic heterocycles. The summed E-state index contributed by atoms with van der Waals surface area (Å²) in [7, 11) is 0. The second-order valence-electron chi connectivity index (χ2n) is 7.37. The molecular formula is C21H24N2O4. The number of fused-ring (bicyclic) bond motifs is 1. The van der Waals surface area contributed by atoms with Crippen molar-refractivity contribution in [2.24, 2.45) is 0 Å². The van der Waals surface area contributed by atoms with Gasteiger partial charge in [-0.2, -0.15) is 0 Å². The number of furan rings is 1. The standard InChI is InChI=1S/C21H24N2O4/c24-14-16-6-3-11-22(16)21(26)18-7-4-12-23(18)20(25)10-9-17-13-15-5-1-2-8-19(15)27-17/h1-2,5,8,13-14,16,18H,3-4,6-7,9-12H2/t16-,18-/m0/s1. The molecule has 1 aromatic carbocycles. The van der Waals surface area contributed by atoms with Crippen LogP contribution in [-0.4, -0.2) is 53.1 Å². The Morgan fingerprint density at radius 1 is 1.11 bits per heavy atom. The number of likely N-dealkylation sites (tertiary alicyclic amines) is 2. The van der Waals surface area contributed by atoms with Crippen LogP contribution in [0.15, 0.2) is 34.7 Å². The Hall–Kier alpha value is -2.63. The van der Waals surface area contributed by atoms with Gasteiger partial charge in [0.25, 0.3) is 0 Å². The zero-order chi connectivity index (χ0) is 18.8. The number of nitrogens with zero attached hydrogens (tertiary/aromatic N) is 2. The molecule has 0 radical (unpaired) electrons. The third-order valence-electron chi connectivity index (χ3n) is 5.66. The lowest BCUT2D eigenvalue weighted by Gasteiger charge is -2.29. The number of carbonyl (C=O) groups excluding carboxylic acids is 3. The number of benzene rings is 1. The maximum atomic E-state index is 12.9. The zero-order valence-corrected chi connectivity index (χ0v) is 15.3. The number of amides is 2. The topological polar surface area (TPSA) is 70.8 Å². The van der Waals surface area contributed by atoms with E-state index in [-0.39, 0.29) is 17.9 Å². The minimum atomic E-state index is -0.422. The van der Waals surface area contributed by atoms with Crippen molar-refractivity contribution in [3.63, 3.8) is 0 Å². The molecule has 142 valence electrons. The second-order valence-corrected chi connectivity index (χ2v) is 7.37. The van der Waals surface area contributed by atoms with E-state index in [1.807, 2.05) is 30.3 Å². The van der Waals surface area contributed by atoms with E-state index in [0.29, 0.717) is 32.4 Å². The third kappa shape index (κ3) is 3.48. The molecule has 6 heteroatoms. The van der Waals surface area contributed by atoms with Crippen LogP contribution in [0.3, 0.4) is 0 Å². The van der Waals surface area contributed by atoms with Crippen molar-refractivity contribution < 1.29 is 18.8 Å². The highest BCUT2D eigenvalue weighted by Gasteiger charge is 2.39. The molecular weight excluding hydrogens is 344 g/mol. The number of hydrogen-bond donors (Lipinski definition) is 0. The van der Waals surface area contributed by atoms with Crippen molar-refractivity contribution in [1.82, 2.24) is 9.80 Å². The van der Waals surface area contributed by atoms with Gasteiger partial charge < -0.3 is 19.0 Å². The smallest absolute Gasteiger partial charge is 0.245 e. The number of hydrogen-bond acceptors (Lipinski definition) is 4. The van der Waals surface area contributed by atoms with Crippen LogP contribution < -0.4 is 0 Å². The van der Waals surface area contributed by atoms with Gasteiger partial charge >= 0.3 is 0 Å². The molecule has 0 spiro atoms. The van der Waals surface area contributed by atoms with Crippen LogP contribution in [0.4, 0.5) is 0 Å². The highest BCUT2D eigenvalue weighted by Crippen LogP contribution is 2.25. The largest absolute Gasteiger partial charge is 0.461 e. The van der Waals surface area contributed by atoms with Gasteiger partial charge in [0, 0.05) is 31.3 Å². The van der Waals surface area contributed by atoms with Crippen LogP contribution in [0.1, 0.15) is 37.9 Å². The molecule has 2 aromatic rings. The van der Waals surface area contributed by atoms with Gasteiger partial charge in [0.05, 0.1) is 6.04 Å². The first-order valence-corrected chi connectivity index (χ1v) is 9.70. The Bertz CT molecular complexity index is 826. The molecule has 3 heterocycles. The van der Waals surface area contributed by atoms with Gasteiger partial charge in [-0.05, 0) is 37.8 Å². The Labute approximate surface area is 158 Å². The number of carbonyl (C=O) groups is 3. The number of aryl methyl sites for hydroxylation is 1. The summed E-state index contributed by atoms with van der Waals surface area (Å²) in [4.78, 5) is 40.2. The summed E-state index contributed by atoms with van der Waals surface area (Å²) >= 11 is 0. The fraction of sp³-hybridized carbons (Fsp3) is 0.476. The quantitative estimate of drug-likeness (QED) is 0.761. The molecule has 0 saturated carbocycles. The van der Waals surface area contributed by atoms with E-state index in [0.717, 1.165) is 42.3 Å². The molecule has 0 aliphatic carbocycles. The lowest BCUT2D eigenvalue weighted by molar-refractivity contribution is -0.145. The monoisotopic (exact) mass is 368 g/mol. The van der Waals surface area contributed by atoms with E-state index in [2.05, 4.69) is 0 Å². The van der Waals surface area contributed by atoms with Gasteiger partial charge in [0.15, 0.2) is 0 Å².